The molecule has 116 valence electrons. The van der Waals surface area contributed by atoms with Gasteiger partial charge in [0, 0.05) is 12.4 Å². The summed E-state index contributed by atoms with van der Waals surface area (Å²) < 4.78 is 28.3. The van der Waals surface area contributed by atoms with Crippen LogP contribution in [0.1, 0.15) is 31.7 Å². The number of aryl methyl sites for hydroxylation is 1. The number of thioether (sulfide) groups is 1. The quantitative estimate of drug-likeness (QED) is 0.785. The van der Waals surface area contributed by atoms with Gasteiger partial charge in [0.1, 0.15) is 4.90 Å². The second-order valence-corrected chi connectivity index (χ2v) is 7.51. The summed E-state index contributed by atoms with van der Waals surface area (Å²) in [6.07, 6.45) is 3.60. The van der Waals surface area contributed by atoms with Crippen LogP contribution < -0.4 is 5.32 Å². The first-order valence-electron chi connectivity index (χ1n) is 7.05. The van der Waals surface area contributed by atoms with Crippen LogP contribution in [-0.4, -0.2) is 31.1 Å². The molecule has 0 aromatic heterocycles. The minimum absolute atomic E-state index is 0.0877. The Labute approximate surface area is 129 Å². The molecule has 0 bridgehead atoms. The summed E-state index contributed by atoms with van der Waals surface area (Å²) in [4.78, 5) is 0.252. The SMILES string of the molecule is CCCCc1ccc2c(c1)S(=O)(=O)N=C(SCCCO)N2. The van der Waals surface area contributed by atoms with Gasteiger partial charge < -0.3 is 10.4 Å². The largest absolute Gasteiger partial charge is 0.396 e. The van der Waals surface area contributed by atoms with Crippen molar-refractivity contribution in [1.82, 2.24) is 0 Å². The zero-order valence-electron chi connectivity index (χ0n) is 12.0. The summed E-state index contributed by atoms with van der Waals surface area (Å²) in [6, 6.07) is 5.48. The van der Waals surface area contributed by atoms with Gasteiger partial charge in [0.15, 0.2) is 5.17 Å². The third-order valence-electron chi connectivity index (χ3n) is 3.13. The molecule has 0 aliphatic carbocycles. The van der Waals surface area contributed by atoms with Gasteiger partial charge >= 0.3 is 0 Å². The summed E-state index contributed by atoms with van der Waals surface area (Å²) >= 11 is 1.31. The van der Waals surface area contributed by atoms with Gasteiger partial charge in [-0.2, -0.15) is 8.42 Å². The van der Waals surface area contributed by atoms with E-state index in [-0.39, 0.29) is 11.5 Å². The zero-order valence-corrected chi connectivity index (χ0v) is 13.6. The van der Waals surface area contributed by atoms with E-state index >= 15 is 0 Å². The number of amidine groups is 1. The van der Waals surface area contributed by atoms with Gasteiger partial charge in [0.2, 0.25) is 0 Å². The van der Waals surface area contributed by atoms with Crippen molar-refractivity contribution >= 4 is 32.6 Å². The van der Waals surface area contributed by atoms with Crippen molar-refractivity contribution in [2.45, 2.75) is 37.5 Å². The minimum Gasteiger partial charge on any atom is -0.396 e. The van der Waals surface area contributed by atoms with Crippen molar-refractivity contribution in [2.24, 2.45) is 4.40 Å². The normalized spacial score (nSPS) is 16.0. The highest BCUT2D eigenvalue weighted by Crippen LogP contribution is 2.30. The number of hydrogen-bond donors (Lipinski definition) is 2. The molecule has 2 rings (SSSR count). The lowest BCUT2D eigenvalue weighted by atomic mass is 10.1. The first-order valence-corrected chi connectivity index (χ1v) is 9.48. The van der Waals surface area contributed by atoms with E-state index in [4.69, 9.17) is 5.11 Å². The molecular weight excluding hydrogens is 308 g/mol. The number of aliphatic hydroxyl groups is 1. The summed E-state index contributed by atoms with van der Waals surface area (Å²) in [5.74, 6) is 0.627. The van der Waals surface area contributed by atoms with E-state index in [1.54, 1.807) is 12.1 Å². The molecule has 1 heterocycles. The zero-order chi connectivity index (χ0) is 15.3. The van der Waals surface area contributed by atoms with E-state index in [2.05, 4.69) is 16.6 Å². The predicted octanol–water partition coefficient (Wildman–Crippen LogP) is 2.62. The van der Waals surface area contributed by atoms with E-state index < -0.39 is 10.0 Å². The Morgan fingerprint density at radius 2 is 2.14 bits per heavy atom. The van der Waals surface area contributed by atoms with Crippen molar-refractivity contribution in [3.63, 3.8) is 0 Å². The predicted molar refractivity (Wildman–Crippen MR) is 87.5 cm³/mol. The number of unbranched alkanes of at least 4 members (excludes halogenated alkanes) is 1. The molecular formula is C14H20N2O3S2. The molecule has 2 N–H and O–H groups in total. The van der Waals surface area contributed by atoms with Crippen molar-refractivity contribution in [2.75, 3.05) is 17.7 Å². The molecule has 0 spiro atoms. The topological polar surface area (TPSA) is 78.8 Å². The van der Waals surface area contributed by atoms with Crippen LogP contribution in [0.15, 0.2) is 27.5 Å². The fraction of sp³-hybridized carbons (Fsp3) is 0.500. The van der Waals surface area contributed by atoms with Gasteiger partial charge in [-0.1, -0.05) is 31.2 Å². The van der Waals surface area contributed by atoms with Gasteiger partial charge in [0.25, 0.3) is 10.0 Å². The summed E-state index contributed by atoms with van der Waals surface area (Å²) in [7, 11) is -3.63. The number of aliphatic hydroxyl groups excluding tert-OH is 1. The highest BCUT2D eigenvalue weighted by atomic mass is 32.2. The van der Waals surface area contributed by atoms with Crippen LogP contribution in [0.5, 0.6) is 0 Å². The van der Waals surface area contributed by atoms with Gasteiger partial charge in [-0.05, 0) is 37.0 Å². The van der Waals surface area contributed by atoms with E-state index in [9.17, 15) is 8.42 Å². The van der Waals surface area contributed by atoms with E-state index in [1.807, 2.05) is 6.07 Å². The highest BCUT2D eigenvalue weighted by Gasteiger charge is 2.25. The Kier molecular flexibility index (Phi) is 5.66. The van der Waals surface area contributed by atoms with Crippen LogP contribution in [0.25, 0.3) is 0 Å². The molecule has 1 aromatic carbocycles. The third kappa shape index (κ3) is 4.21. The van der Waals surface area contributed by atoms with Crippen LogP contribution in [0.2, 0.25) is 0 Å². The second-order valence-electron chi connectivity index (χ2n) is 4.86. The van der Waals surface area contributed by atoms with E-state index in [0.717, 1.165) is 24.8 Å². The monoisotopic (exact) mass is 328 g/mol. The van der Waals surface area contributed by atoms with E-state index in [1.165, 1.54) is 11.8 Å². The molecule has 5 nitrogen and oxygen atoms in total. The molecule has 0 fully saturated rings. The molecule has 0 atom stereocenters. The van der Waals surface area contributed by atoms with Crippen LogP contribution >= 0.6 is 11.8 Å². The molecule has 1 aliphatic heterocycles. The number of hydrogen-bond acceptors (Lipinski definition) is 5. The molecule has 1 aromatic rings. The number of anilines is 1. The maximum Gasteiger partial charge on any atom is 0.286 e. The van der Waals surface area contributed by atoms with E-state index in [0.29, 0.717) is 23.0 Å². The fourth-order valence-electron chi connectivity index (χ4n) is 2.01. The third-order valence-corrected chi connectivity index (χ3v) is 5.52. The average Bonchev–Trinajstić information content (AvgIpc) is 2.45. The summed E-state index contributed by atoms with van der Waals surface area (Å²) in [6.45, 7) is 2.20. The Hall–Kier alpha value is -1.05. The van der Waals surface area contributed by atoms with Gasteiger partial charge in [-0.25, -0.2) is 0 Å². The summed E-state index contributed by atoms with van der Waals surface area (Å²) in [5.41, 5.74) is 1.60. The number of rotatable bonds is 6. The summed E-state index contributed by atoms with van der Waals surface area (Å²) in [5, 5.41) is 12.2. The lowest BCUT2D eigenvalue weighted by molar-refractivity contribution is 0.296. The lowest BCUT2D eigenvalue weighted by Gasteiger charge is -2.18. The standard InChI is InChI=1S/C14H20N2O3S2/c1-2-3-5-11-6-7-12-13(10-11)21(18,19)16-14(15-12)20-9-4-8-17/h6-7,10,17H,2-5,8-9H2,1H3,(H,15,16). The fourth-order valence-corrected chi connectivity index (χ4v) is 4.23. The van der Waals surface area contributed by atoms with Crippen molar-refractivity contribution < 1.29 is 13.5 Å². The van der Waals surface area contributed by atoms with Crippen LogP contribution in [0.3, 0.4) is 0 Å². The number of benzene rings is 1. The molecule has 0 unspecified atom stereocenters. The number of sulfonamides is 1. The number of fused-ring (bicyclic) bond motifs is 1. The minimum atomic E-state index is -3.63. The van der Waals surface area contributed by atoms with Crippen LogP contribution in [0.4, 0.5) is 5.69 Å². The smallest absolute Gasteiger partial charge is 0.286 e. The second kappa shape index (κ2) is 7.29. The number of nitrogens with zero attached hydrogens (tertiary/aromatic N) is 1. The first-order chi connectivity index (χ1) is 10.1. The van der Waals surface area contributed by atoms with Crippen molar-refractivity contribution in [3.05, 3.63) is 23.8 Å². The Balaban J connectivity index is 2.20. The lowest BCUT2D eigenvalue weighted by Crippen LogP contribution is -2.19. The van der Waals surface area contributed by atoms with Gasteiger partial charge in [-0.15, -0.1) is 4.40 Å². The molecule has 7 heteroatoms. The van der Waals surface area contributed by atoms with Crippen molar-refractivity contribution in [1.29, 1.82) is 0 Å². The molecule has 0 saturated carbocycles. The van der Waals surface area contributed by atoms with Crippen molar-refractivity contribution in [3.8, 4) is 0 Å². The number of nitrogens with one attached hydrogen (secondary N) is 1. The maximum absolute atomic E-state index is 12.3. The van der Waals surface area contributed by atoms with Gasteiger partial charge in [0.05, 0.1) is 5.69 Å². The molecule has 21 heavy (non-hydrogen) atoms. The molecule has 0 saturated heterocycles. The highest BCUT2D eigenvalue weighted by molar-refractivity contribution is 8.14. The molecule has 0 amide bonds. The van der Waals surface area contributed by atoms with Gasteiger partial charge in [-0.3, -0.25) is 0 Å². The Bertz CT molecular complexity index is 627. The first kappa shape index (κ1) is 16.3. The Morgan fingerprint density at radius 3 is 2.86 bits per heavy atom. The maximum atomic E-state index is 12.3. The molecule has 1 aliphatic rings. The van der Waals surface area contributed by atoms with Crippen LogP contribution in [0, 0.1) is 0 Å². The molecule has 0 radical (unpaired) electrons. The Morgan fingerprint density at radius 1 is 1.33 bits per heavy atom. The average molecular weight is 328 g/mol. The van der Waals surface area contributed by atoms with Crippen LogP contribution in [-0.2, 0) is 16.4 Å².